The molecule has 1 aromatic heterocycles. The van der Waals surface area contributed by atoms with Crippen LogP contribution >= 0.6 is 0 Å². The number of carbonyl (C=O) groups is 1. The topological polar surface area (TPSA) is 91.7 Å². The second-order valence-corrected chi connectivity index (χ2v) is 8.19. The highest BCUT2D eigenvalue weighted by atomic mass is 19.2. The minimum Gasteiger partial charge on any atom is -0.393 e. The molecule has 3 rings (SSSR count). The Bertz CT molecular complexity index is 933. The second-order valence-electron chi connectivity index (χ2n) is 8.19. The lowest BCUT2D eigenvalue weighted by Crippen LogP contribution is -2.33. The highest BCUT2D eigenvalue weighted by Crippen LogP contribution is 2.47. The first-order chi connectivity index (χ1) is 14.1. The van der Waals surface area contributed by atoms with E-state index in [0.29, 0.717) is 11.3 Å². The molecule has 1 aliphatic rings. The van der Waals surface area contributed by atoms with Crippen molar-refractivity contribution in [3.05, 3.63) is 58.9 Å². The Hall–Kier alpha value is -2.42. The van der Waals surface area contributed by atoms with Gasteiger partial charge in [-0.2, -0.15) is 0 Å². The molecular weight excluding hydrogens is 394 g/mol. The van der Waals surface area contributed by atoms with Gasteiger partial charge in [-0.3, -0.25) is 9.78 Å². The van der Waals surface area contributed by atoms with Crippen molar-refractivity contribution in [3.63, 3.8) is 0 Å². The molecule has 1 aromatic carbocycles. The first-order valence-electron chi connectivity index (χ1n) is 9.75. The van der Waals surface area contributed by atoms with Crippen molar-refractivity contribution in [2.45, 2.75) is 51.4 Å². The molecule has 0 spiro atoms. The number of anilines is 1. The highest BCUT2D eigenvalue weighted by molar-refractivity contribution is 5.95. The second kappa shape index (κ2) is 8.37. The van der Waals surface area contributed by atoms with E-state index in [1.54, 1.807) is 6.07 Å². The molecule has 0 bridgehead atoms. The number of ether oxygens (including phenoxy) is 1. The predicted molar refractivity (Wildman–Crippen MR) is 107 cm³/mol. The zero-order valence-electron chi connectivity index (χ0n) is 17.3. The number of nitrogens with one attached hydrogen (secondary N) is 1. The zero-order chi connectivity index (χ0) is 22.2. The summed E-state index contributed by atoms with van der Waals surface area (Å²) in [6.07, 6.45) is -0.649. The smallest absolute Gasteiger partial charge is 0.254 e. The molecule has 0 unspecified atom stereocenters. The summed E-state index contributed by atoms with van der Waals surface area (Å²) >= 11 is 0. The van der Waals surface area contributed by atoms with Gasteiger partial charge in [0.15, 0.2) is 11.6 Å². The number of carbonyl (C=O) groups excluding carboxylic acids is 1. The van der Waals surface area contributed by atoms with Crippen molar-refractivity contribution < 1.29 is 28.5 Å². The van der Waals surface area contributed by atoms with E-state index in [0.717, 1.165) is 6.07 Å². The van der Waals surface area contributed by atoms with Gasteiger partial charge in [-0.1, -0.05) is 13.0 Å². The third-order valence-electron chi connectivity index (χ3n) is 5.96. The van der Waals surface area contributed by atoms with Crippen LogP contribution in [0.5, 0.6) is 0 Å². The number of hydrogen-bond acceptors (Lipinski definition) is 5. The van der Waals surface area contributed by atoms with Crippen molar-refractivity contribution in [3.8, 4) is 0 Å². The maximum absolute atomic E-state index is 14.2. The molecule has 0 saturated carbocycles. The van der Waals surface area contributed by atoms with Crippen molar-refractivity contribution >= 4 is 11.6 Å². The minimum absolute atomic E-state index is 0.142. The maximum Gasteiger partial charge on any atom is 0.254 e. The molecule has 2 heterocycles. The van der Waals surface area contributed by atoms with Gasteiger partial charge in [-0.25, -0.2) is 8.78 Å². The van der Waals surface area contributed by atoms with Gasteiger partial charge in [-0.05, 0) is 56.0 Å². The first-order valence-corrected chi connectivity index (χ1v) is 9.75. The standard InChI is InChI=1S/C22H26F2N2O4/c1-11-14(6-7-15(23)19(11)24)18-12(2)22(3,4)30-20(18)21(29)26-13-5-8-16(25-9-13)17(28)10-27/h5-9,12,17-18,20,27-28H,10H2,1-4H3,(H,26,29)/t12-,17+,18-,20+/m1/s1. The Morgan fingerprint density at radius 3 is 2.60 bits per heavy atom. The van der Waals surface area contributed by atoms with Gasteiger partial charge < -0.3 is 20.3 Å². The number of nitrogens with zero attached hydrogens (tertiary/aromatic N) is 1. The number of rotatable bonds is 5. The van der Waals surface area contributed by atoms with Crippen LogP contribution in [-0.4, -0.2) is 39.4 Å². The molecule has 30 heavy (non-hydrogen) atoms. The van der Waals surface area contributed by atoms with Crippen LogP contribution in [0.1, 0.15) is 49.6 Å². The normalized spacial score (nSPS) is 23.9. The Labute approximate surface area is 173 Å². The number of aliphatic hydroxyl groups excluding tert-OH is 2. The molecular formula is C22H26F2N2O4. The van der Waals surface area contributed by atoms with Gasteiger partial charge in [0.2, 0.25) is 0 Å². The number of pyridine rings is 1. The van der Waals surface area contributed by atoms with E-state index in [4.69, 9.17) is 9.84 Å². The molecule has 1 fully saturated rings. The van der Waals surface area contributed by atoms with E-state index in [-0.39, 0.29) is 17.2 Å². The number of benzene rings is 1. The summed E-state index contributed by atoms with van der Waals surface area (Å²) in [6.45, 7) is 6.68. The quantitative estimate of drug-likeness (QED) is 0.691. The van der Waals surface area contributed by atoms with Crippen molar-refractivity contribution in [1.82, 2.24) is 4.98 Å². The number of amides is 1. The number of halogens is 2. The fourth-order valence-electron chi connectivity index (χ4n) is 3.86. The first kappa shape index (κ1) is 22.3. The largest absolute Gasteiger partial charge is 0.393 e. The molecule has 0 aliphatic carbocycles. The van der Waals surface area contributed by atoms with Gasteiger partial charge in [0.25, 0.3) is 5.91 Å². The summed E-state index contributed by atoms with van der Waals surface area (Å²) in [5.74, 6) is -2.90. The molecule has 1 aliphatic heterocycles. The van der Waals surface area contributed by atoms with E-state index in [9.17, 15) is 18.7 Å². The Morgan fingerprint density at radius 1 is 1.30 bits per heavy atom. The fraction of sp³-hybridized carbons (Fsp3) is 0.455. The van der Waals surface area contributed by atoms with Gasteiger partial charge in [0.05, 0.1) is 29.8 Å². The third kappa shape index (κ3) is 4.08. The monoisotopic (exact) mass is 420 g/mol. The van der Waals surface area contributed by atoms with Crippen LogP contribution in [0.25, 0.3) is 0 Å². The zero-order valence-corrected chi connectivity index (χ0v) is 17.3. The SMILES string of the molecule is Cc1c([C@@H]2[C@@H](C(=O)Nc3ccc([C@@H](O)CO)nc3)OC(C)(C)[C@@H]2C)ccc(F)c1F. The van der Waals surface area contributed by atoms with E-state index in [2.05, 4.69) is 10.3 Å². The Morgan fingerprint density at radius 2 is 2.00 bits per heavy atom. The van der Waals surface area contributed by atoms with Crippen LogP contribution in [0.3, 0.4) is 0 Å². The summed E-state index contributed by atoms with van der Waals surface area (Å²) in [5.41, 5.74) is 0.701. The molecule has 0 radical (unpaired) electrons. The maximum atomic E-state index is 14.2. The van der Waals surface area contributed by atoms with Gasteiger partial charge in [-0.15, -0.1) is 0 Å². The average molecular weight is 420 g/mol. The summed E-state index contributed by atoms with van der Waals surface area (Å²) in [5, 5.41) is 21.3. The van der Waals surface area contributed by atoms with Gasteiger partial charge in [0.1, 0.15) is 12.2 Å². The van der Waals surface area contributed by atoms with Crippen LogP contribution in [0, 0.1) is 24.5 Å². The van der Waals surface area contributed by atoms with Crippen LogP contribution in [-0.2, 0) is 9.53 Å². The molecule has 162 valence electrons. The molecule has 1 amide bonds. The number of aromatic nitrogens is 1. The van der Waals surface area contributed by atoms with Crippen molar-refractivity contribution in [2.75, 3.05) is 11.9 Å². The molecule has 6 nitrogen and oxygen atoms in total. The molecule has 3 N–H and O–H groups in total. The van der Waals surface area contributed by atoms with E-state index < -0.39 is 47.9 Å². The van der Waals surface area contributed by atoms with Crippen LogP contribution in [0.15, 0.2) is 30.5 Å². The van der Waals surface area contributed by atoms with E-state index in [1.165, 1.54) is 25.3 Å². The van der Waals surface area contributed by atoms with Crippen LogP contribution in [0.2, 0.25) is 0 Å². The predicted octanol–water partition coefficient (Wildman–Crippen LogP) is 3.23. The summed E-state index contributed by atoms with van der Waals surface area (Å²) in [6, 6.07) is 5.63. The Balaban J connectivity index is 1.89. The van der Waals surface area contributed by atoms with Gasteiger partial charge in [0, 0.05) is 5.92 Å². The van der Waals surface area contributed by atoms with Gasteiger partial charge >= 0.3 is 0 Å². The lowest BCUT2D eigenvalue weighted by Gasteiger charge is -2.25. The van der Waals surface area contributed by atoms with E-state index >= 15 is 0 Å². The van der Waals surface area contributed by atoms with Crippen molar-refractivity contribution in [2.24, 2.45) is 5.92 Å². The summed E-state index contributed by atoms with van der Waals surface area (Å²) in [4.78, 5) is 17.1. The molecule has 4 atom stereocenters. The molecule has 8 heteroatoms. The Kier molecular flexibility index (Phi) is 6.21. The fourth-order valence-corrected chi connectivity index (χ4v) is 3.86. The van der Waals surface area contributed by atoms with E-state index in [1.807, 2.05) is 20.8 Å². The highest BCUT2D eigenvalue weighted by Gasteiger charge is 2.51. The minimum atomic E-state index is -1.10. The number of aliphatic hydroxyl groups is 2. The molecule has 2 aromatic rings. The average Bonchev–Trinajstić information content (AvgIpc) is 2.96. The summed E-state index contributed by atoms with van der Waals surface area (Å²) in [7, 11) is 0. The number of hydrogen-bond donors (Lipinski definition) is 3. The third-order valence-corrected chi connectivity index (χ3v) is 5.96. The van der Waals surface area contributed by atoms with Crippen LogP contribution < -0.4 is 5.32 Å². The lowest BCUT2D eigenvalue weighted by atomic mass is 9.77. The summed E-state index contributed by atoms with van der Waals surface area (Å²) < 4.78 is 33.9. The lowest BCUT2D eigenvalue weighted by molar-refractivity contribution is -0.131. The van der Waals surface area contributed by atoms with Crippen LogP contribution in [0.4, 0.5) is 14.5 Å². The molecule has 1 saturated heterocycles. The van der Waals surface area contributed by atoms with Crippen molar-refractivity contribution in [1.29, 1.82) is 0 Å².